The number of nitrogen functional groups attached to an aromatic ring is 1. The van der Waals surface area contributed by atoms with Crippen LogP contribution in [0.5, 0.6) is 28.7 Å². The van der Waals surface area contributed by atoms with E-state index in [-0.39, 0.29) is 32.7 Å². The van der Waals surface area contributed by atoms with E-state index in [1.807, 2.05) is 12.1 Å². The molecule has 0 saturated heterocycles. The van der Waals surface area contributed by atoms with Crippen molar-refractivity contribution in [3.8, 4) is 51.3 Å². The highest BCUT2D eigenvalue weighted by molar-refractivity contribution is 7.90. The van der Waals surface area contributed by atoms with Gasteiger partial charge in [-0.15, -0.1) is 0 Å². The Kier molecular flexibility index (Phi) is 9.78. The lowest BCUT2D eigenvalue weighted by molar-refractivity contribution is 0.355. The molecule has 0 atom stereocenters. The third-order valence-corrected chi connectivity index (χ3v) is 9.21. The minimum absolute atomic E-state index is 0.00535. The summed E-state index contributed by atoms with van der Waals surface area (Å²) in [4.78, 5) is 31.4. The molecule has 14 heteroatoms. The smallest absolute Gasteiger partial charge is 0.231 e. The summed E-state index contributed by atoms with van der Waals surface area (Å²) < 4.78 is 45.0. The second-order valence-corrected chi connectivity index (χ2v) is 13.1. The van der Waals surface area contributed by atoms with E-state index in [2.05, 4.69) is 9.97 Å². The molecule has 0 aliphatic rings. The Balaban J connectivity index is 0.000000192. The Bertz CT molecular complexity index is 2460. The van der Waals surface area contributed by atoms with Gasteiger partial charge in [-0.1, -0.05) is 48.0 Å². The first kappa shape index (κ1) is 34.7. The van der Waals surface area contributed by atoms with Gasteiger partial charge in [0.1, 0.15) is 5.69 Å². The van der Waals surface area contributed by atoms with Crippen molar-refractivity contribution in [2.45, 2.75) is 4.90 Å². The number of anilines is 1. The number of hydrogen-bond donors (Lipinski definition) is 4. The second kappa shape index (κ2) is 13.8. The Morgan fingerprint density at radius 1 is 0.673 bits per heavy atom. The van der Waals surface area contributed by atoms with E-state index in [1.54, 1.807) is 42.5 Å². The highest BCUT2D eigenvalue weighted by Crippen LogP contribution is 2.36. The number of hydrogen-bond acceptors (Lipinski definition) is 10. The number of methoxy groups -OCH3 is 4. The molecule has 5 N–H and O–H groups in total. The van der Waals surface area contributed by atoms with Gasteiger partial charge < -0.3 is 39.8 Å². The average Bonchev–Trinajstić information content (AvgIpc) is 3.10. The molecule has 12 nitrogen and oxygen atoms in total. The van der Waals surface area contributed by atoms with E-state index >= 15 is 0 Å². The van der Waals surface area contributed by atoms with Crippen molar-refractivity contribution < 1.29 is 32.5 Å². The number of pyridine rings is 2. The molecule has 0 amide bonds. The van der Waals surface area contributed by atoms with Crippen molar-refractivity contribution >= 4 is 48.9 Å². The molecular weight excluding hydrogens is 674 g/mol. The van der Waals surface area contributed by atoms with Crippen LogP contribution in [0.1, 0.15) is 0 Å². The van der Waals surface area contributed by atoms with Crippen molar-refractivity contribution in [1.29, 1.82) is 0 Å². The number of halogens is 1. The lowest BCUT2D eigenvalue weighted by atomic mass is 10.1. The van der Waals surface area contributed by atoms with Gasteiger partial charge in [-0.2, -0.15) is 0 Å². The summed E-state index contributed by atoms with van der Waals surface area (Å²) in [7, 11) is 2.38. The summed E-state index contributed by atoms with van der Waals surface area (Å²) in [5.41, 5.74) is 7.58. The largest absolute Gasteiger partial charge is 0.503 e. The number of fused-ring (bicyclic) bond motifs is 2. The number of nitrogens with two attached hydrogens (primary N) is 1. The maximum Gasteiger partial charge on any atom is 0.231 e. The summed E-state index contributed by atoms with van der Waals surface area (Å²) in [6.45, 7) is 0. The van der Waals surface area contributed by atoms with E-state index in [0.29, 0.717) is 55.7 Å². The van der Waals surface area contributed by atoms with Gasteiger partial charge in [-0.05, 0) is 24.3 Å². The molecule has 6 rings (SSSR count). The quantitative estimate of drug-likeness (QED) is 0.159. The highest BCUT2D eigenvalue weighted by atomic mass is 35.5. The molecule has 0 spiro atoms. The molecule has 6 aromatic rings. The first-order chi connectivity index (χ1) is 23.3. The maximum absolute atomic E-state index is 12.6. The van der Waals surface area contributed by atoms with Gasteiger partial charge in [0.25, 0.3) is 0 Å². The van der Waals surface area contributed by atoms with Crippen LogP contribution in [0.25, 0.3) is 44.3 Å². The van der Waals surface area contributed by atoms with Crippen LogP contribution in [0.3, 0.4) is 0 Å². The number of H-pyrrole nitrogens is 2. The summed E-state index contributed by atoms with van der Waals surface area (Å²) in [5, 5.41) is 11.5. The fourth-order valence-electron chi connectivity index (χ4n) is 5.30. The normalized spacial score (nSPS) is 11.1. The summed E-state index contributed by atoms with van der Waals surface area (Å²) in [5.74, 6) is 1.15. The fourth-order valence-corrected chi connectivity index (χ4v) is 6.43. The topological polar surface area (TPSA) is 183 Å². The average molecular weight is 706 g/mol. The van der Waals surface area contributed by atoms with Crippen molar-refractivity contribution in [3.05, 3.63) is 98.3 Å². The maximum atomic E-state index is 12.6. The van der Waals surface area contributed by atoms with Crippen LogP contribution in [0.2, 0.25) is 5.02 Å². The predicted octanol–water partition coefficient (Wildman–Crippen LogP) is 5.77. The number of sulfone groups is 1. The predicted molar refractivity (Wildman–Crippen MR) is 190 cm³/mol. The molecule has 0 bridgehead atoms. The Hall–Kier alpha value is -5.66. The monoisotopic (exact) mass is 705 g/mol. The van der Waals surface area contributed by atoms with E-state index in [4.69, 9.17) is 36.3 Å². The summed E-state index contributed by atoms with van der Waals surface area (Å²) in [6.07, 6.45) is 1.07. The number of nitrogens with one attached hydrogen (secondary N) is 2. The van der Waals surface area contributed by atoms with Crippen LogP contribution >= 0.6 is 11.6 Å². The minimum atomic E-state index is -3.57. The molecule has 0 aliphatic carbocycles. The minimum Gasteiger partial charge on any atom is -0.503 e. The molecule has 2 aromatic heterocycles. The van der Waals surface area contributed by atoms with Crippen LogP contribution in [0.15, 0.2) is 87.3 Å². The molecule has 0 radical (unpaired) electrons. The van der Waals surface area contributed by atoms with Gasteiger partial charge in [0.15, 0.2) is 38.6 Å². The standard InChI is InChI=1S/C18H17NO6S.C17H15ClN2O3/c1-24-13-8-11-12(9-14(13)25-2)19-16(18(21)17(11)20)10-6-4-5-7-15(10)26(3,22)23;1-22-13-7-10-12(8-14(13)23-2)20-16(15(19)17(10)21)9-5-3-4-6-11(9)18/h4-9,21H,1-3H3,(H,19,20);3-8H,19H2,1-2H3,(H,20,21). The fraction of sp³-hybridized carbons (Fsp3) is 0.143. The van der Waals surface area contributed by atoms with E-state index in [1.165, 1.54) is 46.6 Å². The Morgan fingerprint density at radius 3 is 1.63 bits per heavy atom. The van der Waals surface area contributed by atoms with Crippen molar-refractivity contribution in [2.75, 3.05) is 40.4 Å². The van der Waals surface area contributed by atoms with Gasteiger partial charge in [0.2, 0.25) is 10.9 Å². The van der Waals surface area contributed by atoms with Crippen LogP contribution < -0.4 is 35.5 Å². The zero-order valence-electron chi connectivity index (χ0n) is 27.0. The number of aromatic hydroxyl groups is 1. The summed E-state index contributed by atoms with van der Waals surface area (Å²) in [6, 6.07) is 19.7. The SMILES string of the molecule is COc1cc2[nH]c(-c3ccccc3Cl)c(N)c(=O)c2cc1OC.COc1cc2[nH]c(-c3ccccc3S(C)(=O)=O)c(O)c(=O)c2cc1OC. The van der Waals surface area contributed by atoms with Gasteiger partial charge >= 0.3 is 0 Å². The van der Waals surface area contributed by atoms with Crippen molar-refractivity contribution in [2.24, 2.45) is 0 Å². The van der Waals surface area contributed by atoms with Crippen molar-refractivity contribution in [3.63, 3.8) is 0 Å². The third-order valence-electron chi connectivity index (χ3n) is 7.72. The third kappa shape index (κ3) is 6.58. The molecule has 4 aromatic carbocycles. The first-order valence-corrected chi connectivity index (χ1v) is 16.7. The lowest BCUT2D eigenvalue weighted by Gasteiger charge is -2.13. The van der Waals surface area contributed by atoms with Crippen LogP contribution in [0, 0.1) is 0 Å². The molecule has 0 unspecified atom stereocenters. The van der Waals surface area contributed by atoms with Crippen LogP contribution in [-0.2, 0) is 9.84 Å². The molecule has 254 valence electrons. The van der Waals surface area contributed by atoms with Crippen LogP contribution in [0.4, 0.5) is 5.69 Å². The Labute approximate surface area is 285 Å². The molecular formula is C35H32ClN3O9S. The molecule has 0 aliphatic heterocycles. The van der Waals surface area contributed by atoms with E-state index in [0.717, 1.165) is 6.26 Å². The number of aromatic nitrogens is 2. The molecule has 49 heavy (non-hydrogen) atoms. The number of benzene rings is 4. The van der Waals surface area contributed by atoms with Crippen molar-refractivity contribution in [1.82, 2.24) is 9.97 Å². The Morgan fingerprint density at radius 2 is 1.12 bits per heavy atom. The zero-order valence-corrected chi connectivity index (χ0v) is 28.6. The number of rotatable bonds is 7. The molecule has 0 saturated carbocycles. The van der Waals surface area contributed by atoms with Gasteiger partial charge in [-0.25, -0.2) is 8.42 Å². The number of ether oxygens (including phenoxy) is 4. The van der Waals surface area contributed by atoms with E-state index in [9.17, 15) is 23.1 Å². The first-order valence-electron chi connectivity index (χ1n) is 14.5. The lowest BCUT2D eigenvalue weighted by Crippen LogP contribution is -2.12. The van der Waals surface area contributed by atoms with E-state index < -0.39 is 21.0 Å². The van der Waals surface area contributed by atoms with Gasteiger partial charge in [0, 0.05) is 34.5 Å². The highest BCUT2D eigenvalue weighted by Gasteiger charge is 2.21. The van der Waals surface area contributed by atoms with Gasteiger partial charge in [0.05, 0.1) is 66.5 Å². The number of aromatic amines is 2. The second-order valence-electron chi connectivity index (χ2n) is 10.7. The summed E-state index contributed by atoms with van der Waals surface area (Å²) >= 11 is 6.22. The molecule has 2 heterocycles. The van der Waals surface area contributed by atoms with Gasteiger partial charge in [-0.3, -0.25) is 9.59 Å². The molecule has 0 fully saturated rings. The van der Waals surface area contributed by atoms with Crippen LogP contribution in [-0.4, -0.2) is 58.2 Å². The zero-order chi connectivity index (χ0) is 35.6.